The van der Waals surface area contributed by atoms with Crippen LogP contribution in [0.5, 0.6) is 0 Å². The summed E-state index contributed by atoms with van der Waals surface area (Å²) >= 11 is 0. The number of benzene rings is 2. The lowest BCUT2D eigenvalue weighted by Gasteiger charge is -2.35. The molecule has 3 aromatic rings. The van der Waals surface area contributed by atoms with E-state index in [-0.39, 0.29) is 22.8 Å². The zero-order valence-electron chi connectivity index (χ0n) is 15.6. The van der Waals surface area contributed by atoms with Crippen LogP contribution in [0.1, 0.15) is 48.1 Å². The Balaban J connectivity index is 1.89. The lowest BCUT2D eigenvalue weighted by molar-refractivity contribution is 0.101. The number of fused-ring (bicyclic) bond motifs is 1. The van der Waals surface area contributed by atoms with Crippen LogP contribution in [-0.4, -0.2) is 5.78 Å². The highest BCUT2D eigenvalue weighted by Crippen LogP contribution is 2.41. The van der Waals surface area contributed by atoms with Gasteiger partial charge in [0.2, 0.25) is 5.88 Å². The molecule has 1 aliphatic rings. The Morgan fingerprint density at radius 1 is 1.14 bits per heavy atom. The van der Waals surface area contributed by atoms with Gasteiger partial charge in [-0.2, -0.15) is 0 Å². The van der Waals surface area contributed by atoms with Gasteiger partial charge >= 0.3 is 5.63 Å². The molecule has 4 nitrogen and oxygen atoms in total. The highest BCUT2D eigenvalue weighted by molar-refractivity contribution is 6.10. The fourth-order valence-corrected chi connectivity index (χ4v) is 3.83. The van der Waals surface area contributed by atoms with Crippen molar-refractivity contribution in [2.75, 3.05) is 5.32 Å². The number of Topliss-reactive ketones (excluding diaryl/α,β-unsaturated/α-hetero) is 1. The first-order valence-electron chi connectivity index (χ1n) is 9.34. The van der Waals surface area contributed by atoms with Crippen LogP contribution in [0.4, 0.5) is 19.1 Å². The van der Waals surface area contributed by atoms with E-state index < -0.39 is 40.3 Å². The minimum Gasteiger partial charge on any atom is -0.405 e. The molecule has 4 rings (SSSR count). The molecule has 1 heterocycles. The molecular weight excluding hydrogens is 383 g/mol. The normalized spacial score (nSPS) is 15.2. The van der Waals surface area contributed by atoms with Gasteiger partial charge in [0.15, 0.2) is 5.78 Å². The largest absolute Gasteiger partial charge is 0.405 e. The summed E-state index contributed by atoms with van der Waals surface area (Å²) in [7, 11) is 0. The highest BCUT2D eigenvalue weighted by Gasteiger charge is 2.31. The molecule has 1 aliphatic carbocycles. The fourth-order valence-electron chi connectivity index (χ4n) is 3.83. The van der Waals surface area contributed by atoms with E-state index in [1.54, 1.807) is 12.1 Å². The Morgan fingerprint density at radius 3 is 2.52 bits per heavy atom. The Bertz CT molecular complexity index is 1170. The van der Waals surface area contributed by atoms with E-state index in [9.17, 15) is 22.8 Å². The Morgan fingerprint density at radius 2 is 1.90 bits per heavy atom. The summed E-state index contributed by atoms with van der Waals surface area (Å²) in [5.41, 5.74) is -0.493. The Kier molecular flexibility index (Phi) is 4.90. The van der Waals surface area contributed by atoms with E-state index in [4.69, 9.17) is 4.42 Å². The van der Waals surface area contributed by atoms with Gasteiger partial charge in [-0.3, -0.25) is 4.79 Å². The summed E-state index contributed by atoms with van der Waals surface area (Å²) in [6.45, 7) is 1.23. The number of rotatable bonds is 5. The molecular formula is C22H18F3NO3. The molecule has 29 heavy (non-hydrogen) atoms. The first-order valence-corrected chi connectivity index (χ1v) is 9.34. The molecule has 0 saturated heterocycles. The lowest BCUT2D eigenvalue weighted by Crippen LogP contribution is -2.27. The third kappa shape index (κ3) is 3.52. The molecule has 1 saturated carbocycles. The number of nitrogens with one attached hydrogen (secondary N) is 1. The smallest absolute Gasteiger partial charge is 0.348 e. The highest BCUT2D eigenvalue weighted by atomic mass is 19.1. The molecule has 1 atom stereocenters. The van der Waals surface area contributed by atoms with Crippen LogP contribution in [0.2, 0.25) is 0 Å². The maximum absolute atomic E-state index is 14.2. The van der Waals surface area contributed by atoms with Gasteiger partial charge in [-0.15, -0.1) is 0 Å². The van der Waals surface area contributed by atoms with Crippen molar-refractivity contribution < 1.29 is 22.4 Å². The molecule has 1 fully saturated rings. The summed E-state index contributed by atoms with van der Waals surface area (Å²) in [5.74, 6) is -2.96. The number of carbonyl (C=O) groups is 1. The van der Waals surface area contributed by atoms with Crippen LogP contribution in [-0.2, 0) is 0 Å². The van der Waals surface area contributed by atoms with Gasteiger partial charge in [-0.25, -0.2) is 18.0 Å². The summed E-state index contributed by atoms with van der Waals surface area (Å²) < 4.78 is 47.0. The molecule has 150 valence electrons. The number of halogens is 3. The van der Waals surface area contributed by atoms with Crippen LogP contribution in [0.25, 0.3) is 10.8 Å². The molecule has 7 heteroatoms. The predicted molar refractivity (Wildman–Crippen MR) is 103 cm³/mol. The molecule has 0 bridgehead atoms. The van der Waals surface area contributed by atoms with Crippen LogP contribution in [0, 0.1) is 23.4 Å². The minimum absolute atomic E-state index is 0.112. The molecule has 0 spiro atoms. The van der Waals surface area contributed by atoms with E-state index >= 15 is 0 Å². The third-order valence-corrected chi connectivity index (χ3v) is 5.42. The summed E-state index contributed by atoms with van der Waals surface area (Å²) in [5, 5.41) is 2.42. The number of ketones is 1. The van der Waals surface area contributed by atoms with Gasteiger partial charge in [-0.1, -0.05) is 18.6 Å². The topological polar surface area (TPSA) is 59.3 Å². The quantitative estimate of drug-likeness (QED) is 0.584. The second-order valence-corrected chi connectivity index (χ2v) is 7.33. The fraction of sp³-hybridized carbons (Fsp3) is 0.273. The van der Waals surface area contributed by atoms with E-state index in [2.05, 4.69) is 5.32 Å². The second kappa shape index (κ2) is 7.39. The average Bonchev–Trinajstić information content (AvgIpc) is 2.58. The molecule has 0 aliphatic heterocycles. The van der Waals surface area contributed by atoms with Gasteiger partial charge in [-0.05, 0) is 49.4 Å². The summed E-state index contributed by atoms with van der Waals surface area (Å²) in [6.07, 6.45) is 2.77. The van der Waals surface area contributed by atoms with Crippen molar-refractivity contribution in [2.45, 2.75) is 32.2 Å². The second-order valence-electron chi connectivity index (χ2n) is 7.33. The first kappa shape index (κ1) is 19.2. The third-order valence-electron chi connectivity index (χ3n) is 5.42. The first-order chi connectivity index (χ1) is 13.8. The SMILES string of the molecule is CC(=O)c1c(N[C@H](c2cccc(F)c2)C2CCC2)oc(=O)c2c(F)cc(F)cc12. The molecule has 1 aromatic heterocycles. The van der Waals surface area contributed by atoms with E-state index in [0.717, 1.165) is 25.3 Å². The standard InChI is InChI=1S/C22H18F3NO3/c1-11(27)18-16-9-15(24)10-17(25)19(16)22(28)29-21(18)26-20(12-4-2-5-12)13-6-3-7-14(23)8-13/h3,6-10,12,20,26H,2,4-5H2,1H3/t20-/m0/s1. The van der Waals surface area contributed by atoms with Gasteiger partial charge in [0.1, 0.15) is 22.8 Å². The number of anilines is 1. The zero-order valence-corrected chi connectivity index (χ0v) is 15.6. The van der Waals surface area contributed by atoms with Crippen LogP contribution in [0.15, 0.2) is 45.6 Å². The van der Waals surface area contributed by atoms with Crippen molar-refractivity contribution in [2.24, 2.45) is 5.92 Å². The van der Waals surface area contributed by atoms with Crippen LogP contribution in [0.3, 0.4) is 0 Å². The van der Waals surface area contributed by atoms with Crippen molar-refractivity contribution in [3.63, 3.8) is 0 Å². The molecule has 0 radical (unpaired) electrons. The zero-order chi connectivity index (χ0) is 20.7. The summed E-state index contributed by atoms with van der Waals surface area (Å²) in [6, 6.07) is 7.11. The maximum Gasteiger partial charge on any atom is 0.348 e. The van der Waals surface area contributed by atoms with Crippen molar-refractivity contribution >= 4 is 22.4 Å². The molecule has 0 amide bonds. The number of hydrogen-bond donors (Lipinski definition) is 1. The maximum atomic E-state index is 14.2. The molecule has 0 unspecified atom stereocenters. The van der Waals surface area contributed by atoms with E-state index in [1.807, 2.05) is 0 Å². The van der Waals surface area contributed by atoms with Gasteiger partial charge in [0.25, 0.3) is 0 Å². The number of carbonyl (C=O) groups excluding carboxylic acids is 1. The van der Waals surface area contributed by atoms with Crippen LogP contribution >= 0.6 is 0 Å². The summed E-state index contributed by atoms with van der Waals surface area (Å²) in [4.78, 5) is 24.7. The van der Waals surface area contributed by atoms with Crippen molar-refractivity contribution in [3.05, 3.63) is 75.4 Å². The Hall–Kier alpha value is -3.09. The lowest BCUT2D eigenvalue weighted by atomic mass is 9.77. The van der Waals surface area contributed by atoms with E-state index in [1.165, 1.54) is 19.1 Å². The average molecular weight is 401 g/mol. The van der Waals surface area contributed by atoms with E-state index in [0.29, 0.717) is 11.6 Å². The Labute approximate surface area is 164 Å². The van der Waals surface area contributed by atoms with Crippen LogP contribution < -0.4 is 10.9 Å². The minimum atomic E-state index is -1.09. The van der Waals surface area contributed by atoms with Crippen molar-refractivity contribution in [3.8, 4) is 0 Å². The molecule has 2 aromatic carbocycles. The monoisotopic (exact) mass is 401 g/mol. The number of hydrogen-bond acceptors (Lipinski definition) is 4. The van der Waals surface area contributed by atoms with Gasteiger partial charge in [0, 0.05) is 11.5 Å². The van der Waals surface area contributed by atoms with Crippen molar-refractivity contribution in [1.82, 2.24) is 0 Å². The molecule has 1 N–H and O–H groups in total. The predicted octanol–water partition coefficient (Wildman–Crippen LogP) is 5.37. The van der Waals surface area contributed by atoms with Crippen molar-refractivity contribution in [1.29, 1.82) is 0 Å². The van der Waals surface area contributed by atoms with Gasteiger partial charge in [0.05, 0.1) is 11.6 Å². The van der Waals surface area contributed by atoms with Gasteiger partial charge < -0.3 is 9.73 Å².